The summed E-state index contributed by atoms with van der Waals surface area (Å²) in [4.78, 5) is 0. The maximum Gasteiger partial charge on any atom is 0.279 e. The van der Waals surface area contributed by atoms with E-state index in [-0.39, 0.29) is 6.04 Å². The van der Waals surface area contributed by atoms with Gasteiger partial charge in [-0.1, -0.05) is 37.3 Å². The molecule has 118 valence electrons. The van der Waals surface area contributed by atoms with Crippen LogP contribution in [0.5, 0.6) is 0 Å². The highest BCUT2D eigenvalue weighted by Gasteiger charge is 2.27. The van der Waals surface area contributed by atoms with Crippen molar-refractivity contribution in [3.05, 3.63) is 35.9 Å². The fourth-order valence-corrected chi connectivity index (χ4v) is 4.38. The van der Waals surface area contributed by atoms with Gasteiger partial charge in [-0.15, -0.1) is 0 Å². The van der Waals surface area contributed by atoms with Crippen molar-refractivity contribution in [2.75, 3.05) is 13.1 Å². The van der Waals surface area contributed by atoms with Gasteiger partial charge in [-0.05, 0) is 44.1 Å². The van der Waals surface area contributed by atoms with Crippen LogP contribution < -0.4 is 4.72 Å². The van der Waals surface area contributed by atoms with Gasteiger partial charge >= 0.3 is 0 Å². The highest BCUT2D eigenvalue weighted by Crippen LogP contribution is 2.18. The molecule has 0 amide bonds. The molecule has 4 nitrogen and oxygen atoms in total. The van der Waals surface area contributed by atoms with Crippen LogP contribution in [0, 0.1) is 5.92 Å². The Kier molecular flexibility index (Phi) is 5.79. The number of benzene rings is 1. The van der Waals surface area contributed by atoms with Gasteiger partial charge in [0.25, 0.3) is 10.2 Å². The van der Waals surface area contributed by atoms with Gasteiger partial charge < -0.3 is 0 Å². The number of piperidine rings is 1. The molecule has 2 rings (SSSR count). The maximum absolute atomic E-state index is 12.4. The Bertz CT molecular complexity index is 530. The lowest BCUT2D eigenvalue weighted by Crippen LogP contribution is -2.48. The van der Waals surface area contributed by atoms with Crippen molar-refractivity contribution in [1.29, 1.82) is 0 Å². The minimum Gasteiger partial charge on any atom is -0.199 e. The van der Waals surface area contributed by atoms with Gasteiger partial charge in [0.1, 0.15) is 0 Å². The van der Waals surface area contributed by atoms with E-state index in [1.807, 2.05) is 25.1 Å². The van der Waals surface area contributed by atoms with Crippen molar-refractivity contribution >= 4 is 10.2 Å². The second-order valence-corrected chi connectivity index (χ2v) is 7.86. The summed E-state index contributed by atoms with van der Waals surface area (Å²) in [5, 5.41) is 0. The molecule has 21 heavy (non-hydrogen) atoms. The summed E-state index contributed by atoms with van der Waals surface area (Å²) in [5.41, 5.74) is 1.25. The third-order valence-electron chi connectivity index (χ3n) is 4.02. The molecule has 0 radical (unpaired) electrons. The lowest BCUT2D eigenvalue weighted by atomic mass is 10.0. The Morgan fingerprint density at radius 3 is 2.71 bits per heavy atom. The van der Waals surface area contributed by atoms with Gasteiger partial charge in [-0.3, -0.25) is 0 Å². The number of nitrogens with one attached hydrogen (secondary N) is 1. The molecule has 1 aliphatic rings. The minimum atomic E-state index is -3.34. The molecule has 1 aromatic carbocycles. The largest absolute Gasteiger partial charge is 0.279 e. The molecule has 0 spiro atoms. The quantitative estimate of drug-likeness (QED) is 0.878. The Hall–Kier alpha value is -0.910. The van der Waals surface area contributed by atoms with Crippen LogP contribution in [0.25, 0.3) is 0 Å². The van der Waals surface area contributed by atoms with Gasteiger partial charge in [0.05, 0.1) is 0 Å². The predicted octanol–water partition coefficient (Wildman–Crippen LogP) is 2.57. The molecule has 0 aromatic heterocycles. The monoisotopic (exact) mass is 310 g/mol. The van der Waals surface area contributed by atoms with E-state index in [4.69, 9.17) is 0 Å². The van der Waals surface area contributed by atoms with Crippen LogP contribution in [0.1, 0.15) is 38.7 Å². The fraction of sp³-hybridized carbons (Fsp3) is 0.625. The first-order valence-electron chi connectivity index (χ1n) is 7.78. The molecule has 1 aromatic rings. The third-order valence-corrected chi connectivity index (χ3v) is 5.73. The smallest absolute Gasteiger partial charge is 0.199 e. The first kappa shape index (κ1) is 16.5. The van der Waals surface area contributed by atoms with Crippen LogP contribution in [-0.2, 0) is 16.6 Å². The molecule has 1 heterocycles. The van der Waals surface area contributed by atoms with Crippen molar-refractivity contribution in [1.82, 2.24) is 9.03 Å². The van der Waals surface area contributed by atoms with Crippen LogP contribution in [0.15, 0.2) is 30.3 Å². The summed E-state index contributed by atoms with van der Waals surface area (Å²) in [5.74, 6) is 0.454. The third kappa shape index (κ3) is 5.09. The molecule has 1 saturated heterocycles. The number of aryl methyl sites for hydroxylation is 1. The summed E-state index contributed by atoms with van der Waals surface area (Å²) >= 11 is 0. The van der Waals surface area contributed by atoms with E-state index in [0.29, 0.717) is 19.0 Å². The first-order chi connectivity index (χ1) is 9.97. The number of hydrogen-bond acceptors (Lipinski definition) is 2. The average Bonchev–Trinajstić information content (AvgIpc) is 2.46. The molecule has 1 N–H and O–H groups in total. The lowest BCUT2D eigenvalue weighted by molar-refractivity contribution is 0.276. The molecule has 2 atom stereocenters. The number of hydrogen-bond donors (Lipinski definition) is 1. The van der Waals surface area contributed by atoms with E-state index < -0.39 is 10.2 Å². The minimum absolute atomic E-state index is 0.0487. The summed E-state index contributed by atoms with van der Waals surface area (Å²) in [6.45, 7) is 5.33. The van der Waals surface area contributed by atoms with Crippen molar-refractivity contribution in [3.63, 3.8) is 0 Å². The SMILES string of the molecule is C[C@@H]1CCCN(S(=O)(=O)N[C@H](C)CCc2ccccc2)C1. The fourth-order valence-electron chi connectivity index (χ4n) is 2.78. The topological polar surface area (TPSA) is 49.4 Å². The van der Waals surface area contributed by atoms with E-state index in [0.717, 1.165) is 25.7 Å². The van der Waals surface area contributed by atoms with Crippen LogP contribution in [0.2, 0.25) is 0 Å². The van der Waals surface area contributed by atoms with Crippen LogP contribution in [0.3, 0.4) is 0 Å². The van der Waals surface area contributed by atoms with Gasteiger partial charge in [0.2, 0.25) is 0 Å². The molecule has 0 unspecified atom stereocenters. The maximum atomic E-state index is 12.4. The summed E-state index contributed by atoms with van der Waals surface area (Å²) in [6, 6.07) is 10.1. The van der Waals surface area contributed by atoms with Crippen LogP contribution >= 0.6 is 0 Å². The van der Waals surface area contributed by atoms with E-state index in [9.17, 15) is 8.42 Å². The molecule has 1 aliphatic heterocycles. The van der Waals surface area contributed by atoms with Crippen molar-refractivity contribution in [3.8, 4) is 0 Å². The van der Waals surface area contributed by atoms with E-state index in [1.54, 1.807) is 4.31 Å². The summed E-state index contributed by atoms with van der Waals surface area (Å²) in [7, 11) is -3.34. The summed E-state index contributed by atoms with van der Waals surface area (Å²) < 4.78 is 29.1. The first-order valence-corrected chi connectivity index (χ1v) is 9.22. The van der Waals surface area contributed by atoms with Crippen molar-refractivity contribution in [2.45, 2.75) is 45.6 Å². The van der Waals surface area contributed by atoms with Crippen molar-refractivity contribution in [2.24, 2.45) is 5.92 Å². The van der Waals surface area contributed by atoms with Gasteiger partial charge in [-0.2, -0.15) is 17.4 Å². The normalized spacial score (nSPS) is 22.1. The summed E-state index contributed by atoms with van der Waals surface area (Å²) in [6.07, 6.45) is 3.78. The lowest BCUT2D eigenvalue weighted by Gasteiger charge is -2.31. The molecule has 0 saturated carbocycles. The van der Waals surface area contributed by atoms with E-state index in [2.05, 4.69) is 23.8 Å². The zero-order valence-corrected chi connectivity index (χ0v) is 13.8. The Balaban J connectivity index is 1.84. The van der Waals surface area contributed by atoms with Crippen LogP contribution in [0.4, 0.5) is 0 Å². The molecule has 0 bridgehead atoms. The highest BCUT2D eigenvalue weighted by atomic mass is 32.2. The van der Waals surface area contributed by atoms with Gasteiger partial charge in [0.15, 0.2) is 0 Å². The van der Waals surface area contributed by atoms with Gasteiger partial charge in [0, 0.05) is 19.1 Å². The Morgan fingerprint density at radius 2 is 2.05 bits per heavy atom. The molecule has 5 heteroatoms. The van der Waals surface area contributed by atoms with Crippen molar-refractivity contribution < 1.29 is 8.42 Å². The molecular weight excluding hydrogens is 284 g/mol. The molecule has 1 fully saturated rings. The predicted molar refractivity (Wildman–Crippen MR) is 86.3 cm³/mol. The second-order valence-electron chi connectivity index (χ2n) is 6.15. The average molecular weight is 310 g/mol. The zero-order valence-electron chi connectivity index (χ0n) is 13.0. The second kappa shape index (κ2) is 7.38. The molecule has 0 aliphatic carbocycles. The Morgan fingerprint density at radius 1 is 1.33 bits per heavy atom. The Labute approximate surface area is 128 Å². The van der Waals surface area contributed by atoms with Gasteiger partial charge in [-0.25, -0.2) is 0 Å². The van der Waals surface area contributed by atoms with Crippen LogP contribution in [-0.4, -0.2) is 31.9 Å². The zero-order chi connectivity index (χ0) is 15.3. The highest BCUT2D eigenvalue weighted by molar-refractivity contribution is 7.87. The standard InChI is InChI=1S/C16H26N2O2S/c1-14-7-6-12-18(13-14)21(19,20)17-15(2)10-11-16-8-4-3-5-9-16/h3-5,8-9,14-15,17H,6-7,10-13H2,1-2H3/t14-,15-/m1/s1. The van der Waals surface area contributed by atoms with E-state index >= 15 is 0 Å². The number of rotatable bonds is 6. The molecular formula is C16H26N2O2S. The number of nitrogens with zero attached hydrogens (tertiary/aromatic N) is 1. The van der Waals surface area contributed by atoms with E-state index in [1.165, 1.54) is 5.56 Å².